The molecule has 2 unspecified atom stereocenters. The number of hydrogen-bond acceptors (Lipinski definition) is 2. The molecule has 3 aliphatic rings. The summed E-state index contributed by atoms with van der Waals surface area (Å²) in [6.45, 7) is 0.942. The largest absolute Gasteiger partial charge is 0.496 e. The van der Waals surface area contributed by atoms with Gasteiger partial charge in [0.05, 0.1) is 7.11 Å². The van der Waals surface area contributed by atoms with Gasteiger partial charge >= 0.3 is 0 Å². The number of likely N-dealkylation sites (tertiary alicyclic amines) is 1. The molecule has 1 amide bonds. The lowest BCUT2D eigenvalue weighted by atomic mass is 9.79. The molecule has 3 nitrogen and oxygen atoms in total. The zero-order chi connectivity index (χ0) is 15.8. The quantitative estimate of drug-likeness (QED) is 0.847. The van der Waals surface area contributed by atoms with E-state index in [-0.39, 0.29) is 0 Å². The molecule has 1 saturated carbocycles. The predicted molar refractivity (Wildman–Crippen MR) is 90.7 cm³/mol. The molecule has 1 heterocycles. The normalized spacial score (nSPS) is 26.9. The third-order valence-electron chi connectivity index (χ3n) is 6.28. The van der Waals surface area contributed by atoms with E-state index in [0.717, 1.165) is 38.0 Å². The Hall–Kier alpha value is -1.51. The summed E-state index contributed by atoms with van der Waals surface area (Å²) in [5.41, 5.74) is 2.80. The molecule has 0 spiro atoms. The maximum absolute atomic E-state index is 12.8. The fourth-order valence-corrected chi connectivity index (χ4v) is 5.14. The monoisotopic (exact) mass is 313 g/mol. The van der Waals surface area contributed by atoms with Crippen LogP contribution in [-0.4, -0.2) is 30.5 Å². The van der Waals surface area contributed by atoms with E-state index in [4.69, 9.17) is 4.74 Å². The van der Waals surface area contributed by atoms with Gasteiger partial charge < -0.3 is 9.64 Å². The molecular formula is C20H27NO2. The summed E-state index contributed by atoms with van der Waals surface area (Å²) < 4.78 is 5.54. The number of ether oxygens (including phenoxy) is 1. The summed E-state index contributed by atoms with van der Waals surface area (Å²) in [7, 11) is 1.76. The molecule has 0 N–H and O–H groups in total. The minimum atomic E-state index is 0.413. The molecule has 23 heavy (non-hydrogen) atoms. The van der Waals surface area contributed by atoms with E-state index in [9.17, 15) is 4.79 Å². The van der Waals surface area contributed by atoms with Crippen molar-refractivity contribution in [3.8, 4) is 5.75 Å². The minimum absolute atomic E-state index is 0.413. The van der Waals surface area contributed by atoms with Crippen LogP contribution in [-0.2, 0) is 11.2 Å². The van der Waals surface area contributed by atoms with Crippen molar-refractivity contribution in [3.05, 3.63) is 29.3 Å². The average molecular weight is 313 g/mol. The Balaban J connectivity index is 1.51. The van der Waals surface area contributed by atoms with E-state index < -0.39 is 0 Å². The van der Waals surface area contributed by atoms with Crippen molar-refractivity contribution >= 4 is 5.91 Å². The standard InChI is InChI=1S/C20H27NO2/c1-23-19-8-4-7-15-16-11-12-21(18(16)10-9-17(15)19)20(22)13-14-5-2-3-6-14/h4,7-8,14,16,18H,2-3,5-6,9-13H2,1H3. The van der Waals surface area contributed by atoms with Crippen molar-refractivity contribution in [2.24, 2.45) is 5.92 Å². The van der Waals surface area contributed by atoms with Gasteiger partial charge in [-0.15, -0.1) is 0 Å². The molecule has 1 aliphatic heterocycles. The molecule has 1 saturated heterocycles. The summed E-state index contributed by atoms with van der Waals surface area (Å²) in [6, 6.07) is 6.84. The van der Waals surface area contributed by atoms with Gasteiger partial charge in [-0.2, -0.15) is 0 Å². The molecule has 4 rings (SSSR count). The summed E-state index contributed by atoms with van der Waals surface area (Å²) >= 11 is 0. The molecule has 2 fully saturated rings. The van der Waals surface area contributed by atoms with Gasteiger partial charge in [0.15, 0.2) is 0 Å². The van der Waals surface area contributed by atoms with Crippen LogP contribution in [0.1, 0.15) is 62.0 Å². The lowest BCUT2D eigenvalue weighted by Gasteiger charge is -2.34. The van der Waals surface area contributed by atoms with Crippen LogP contribution in [0.4, 0.5) is 0 Å². The van der Waals surface area contributed by atoms with Gasteiger partial charge in [-0.05, 0) is 55.2 Å². The second-order valence-electron chi connectivity index (χ2n) is 7.47. The maximum atomic E-state index is 12.8. The summed E-state index contributed by atoms with van der Waals surface area (Å²) in [4.78, 5) is 15.0. The smallest absolute Gasteiger partial charge is 0.223 e. The minimum Gasteiger partial charge on any atom is -0.496 e. The molecule has 0 aromatic heterocycles. The van der Waals surface area contributed by atoms with E-state index in [1.54, 1.807) is 7.11 Å². The van der Waals surface area contributed by atoms with Gasteiger partial charge in [0.2, 0.25) is 5.91 Å². The van der Waals surface area contributed by atoms with Gasteiger partial charge in [-0.1, -0.05) is 25.0 Å². The van der Waals surface area contributed by atoms with Crippen molar-refractivity contribution in [1.82, 2.24) is 4.90 Å². The number of carbonyl (C=O) groups excluding carboxylic acids is 1. The third-order valence-corrected chi connectivity index (χ3v) is 6.28. The molecule has 0 radical (unpaired) electrons. The second-order valence-corrected chi connectivity index (χ2v) is 7.47. The van der Waals surface area contributed by atoms with Crippen LogP contribution in [0, 0.1) is 5.92 Å². The molecule has 1 aromatic carbocycles. The van der Waals surface area contributed by atoms with Crippen LogP contribution in [0.2, 0.25) is 0 Å². The average Bonchev–Trinajstić information content (AvgIpc) is 3.23. The Morgan fingerprint density at radius 1 is 1.22 bits per heavy atom. The highest BCUT2D eigenvalue weighted by molar-refractivity contribution is 5.77. The zero-order valence-corrected chi connectivity index (χ0v) is 14.1. The lowest BCUT2D eigenvalue weighted by molar-refractivity contribution is -0.133. The van der Waals surface area contributed by atoms with E-state index >= 15 is 0 Å². The topological polar surface area (TPSA) is 29.5 Å². The number of fused-ring (bicyclic) bond motifs is 3. The van der Waals surface area contributed by atoms with Crippen molar-refractivity contribution in [3.63, 3.8) is 0 Å². The number of methoxy groups -OCH3 is 1. The molecule has 124 valence electrons. The molecular weight excluding hydrogens is 286 g/mol. The van der Waals surface area contributed by atoms with Crippen LogP contribution in [0.5, 0.6) is 5.75 Å². The predicted octanol–water partition coefficient (Wildman–Crippen LogP) is 3.91. The molecule has 2 atom stereocenters. The second kappa shape index (κ2) is 6.18. The highest BCUT2D eigenvalue weighted by Crippen LogP contribution is 2.44. The Labute approximate surface area is 139 Å². The first-order valence-corrected chi connectivity index (χ1v) is 9.23. The fraction of sp³-hybridized carbons (Fsp3) is 0.650. The van der Waals surface area contributed by atoms with E-state index in [2.05, 4.69) is 23.1 Å². The van der Waals surface area contributed by atoms with Crippen LogP contribution in [0.15, 0.2) is 18.2 Å². The Morgan fingerprint density at radius 3 is 2.83 bits per heavy atom. The first-order valence-electron chi connectivity index (χ1n) is 9.23. The van der Waals surface area contributed by atoms with Crippen LogP contribution in [0.25, 0.3) is 0 Å². The first kappa shape index (κ1) is 15.0. The summed E-state index contributed by atoms with van der Waals surface area (Å²) in [5.74, 6) is 2.60. The lowest BCUT2D eigenvalue weighted by Crippen LogP contribution is -2.40. The van der Waals surface area contributed by atoms with Crippen LogP contribution < -0.4 is 4.74 Å². The molecule has 1 aromatic rings. The van der Waals surface area contributed by atoms with Gasteiger partial charge in [-0.25, -0.2) is 0 Å². The number of amides is 1. The Kier molecular flexibility index (Phi) is 4.04. The van der Waals surface area contributed by atoms with Crippen molar-refractivity contribution in [1.29, 1.82) is 0 Å². The SMILES string of the molecule is COc1cccc2c1CCC1C2CCN1C(=O)CC1CCCC1. The highest BCUT2D eigenvalue weighted by Gasteiger charge is 2.41. The van der Waals surface area contributed by atoms with Crippen molar-refractivity contribution < 1.29 is 9.53 Å². The maximum Gasteiger partial charge on any atom is 0.223 e. The number of benzene rings is 1. The number of nitrogens with zero attached hydrogens (tertiary/aromatic N) is 1. The van der Waals surface area contributed by atoms with Crippen molar-refractivity contribution in [2.75, 3.05) is 13.7 Å². The zero-order valence-electron chi connectivity index (χ0n) is 14.1. The Morgan fingerprint density at radius 2 is 2.04 bits per heavy atom. The third kappa shape index (κ3) is 2.64. The first-order chi connectivity index (χ1) is 11.3. The van der Waals surface area contributed by atoms with E-state index in [0.29, 0.717) is 23.8 Å². The molecule has 2 aliphatic carbocycles. The van der Waals surface area contributed by atoms with Gasteiger partial charge in [0.1, 0.15) is 5.75 Å². The summed E-state index contributed by atoms with van der Waals surface area (Å²) in [6.07, 6.45) is 9.17. The Bertz CT molecular complexity index is 591. The van der Waals surface area contributed by atoms with Gasteiger partial charge in [0.25, 0.3) is 0 Å². The van der Waals surface area contributed by atoms with Crippen molar-refractivity contribution in [2.45, 2.75) is 63.3 Å². The van der Waals surface area contributed by atoms with E-state index in [1.165, 1.54) is 36.8 Å². The van der Waals surface area contributed by atoms with Gasteiger partial charge in [0, 0.05) is 24.9 Å². The highest BCUT2D eigenvalue weighted by atomic mass is 16.5. The molecule has 3 heteroatoms. The van der Waals surface area contributed by atoms with E-state index in [1.807, 2.05) is 0 Å². The number of rotatable bonds is 3. The van der Waals surface area contributed by atoms with Crippen LogP contribution in [0.3, 0.4) is 0 Å². The van der Waals surface area contributed by atoms with Crippen LogP contribution >= 0.6 is 0 Å². The molecule has 0 bridgehead atoms. The number of carbonyl (C=O) groups is 1. The van der Waals surface area contributed by atoms with Gasteiger partial charge in [-0.3, -0.25) is 4.79 Å². The fourth-order valence-electron chi connectivity index (χ4n) is 5.14. The number of hydrogen-bond donors (Lipinski definition) is 0. The summed E-state index contributed by atoms with van der Waals surface area (Å²) in [5, 5.41) is 0.